The van der Waals surface area contributed by atoms with Crippen LogP contribution in [-0.2, 0) is 0 Å². The van der Waals surface area contributed by atoms with E-state index in [2.05, 4.69) is 26.5 Å². The molecule has 28 heavy (non-hydrogen) atoms. The number of nitro benzene ring substituents is 1. The van der Waals surface area contributed by atoms with Gasteiger partial charge in [-0.25, -0.2) is 5.43 Å². The van der Waals surface area contributed by atoms with Crippen LogP contribution in [0.5, 0.6) is 11.5 Å². The second kappa shape index (κ2) is 10.4. The van der Waals surface area contributed by atoms with Gasteiger partial charge in [-0.05, 0) is 53.5 Å². The van der Waals surface area contributed by atoms with Crippen LogP contribution >= 0.6 is 15.9 Å². The molecule has 9 heteroatoms. The van der Waals surface area contributed by atoms with Crippen molar-refractivity contribution in [1.29, 1.82) is 0 Å². The van der Waals surface area contributed by atoms with Gasteiger partial charge in [-0.2, -0.15) is 5.10 Å². The monoisotopic (exact) mass is 449 g/mol. The lowest BCUT2D eigenvalue weighted by Gasteiger charge is -2.13. The average molecular weight is 450 g/mol. The molecule has 0 saturated carbocycles. The second-order valence-electron chi connectivity index (χ2n) is 5.61. The van der Waals surface area contributed by atoms with Crippen LogP contribution in [0.2, 0.25) is 0 Å². The number of nitrogens with one attached hydrogen (secondary N) is 1. The lowest BCUT2D eigenvalue weighted by molar-refractivity contribution is -0.384. The van der Waals surface area contributed by atoms with Crippen LogP contribution in [0.1, 0.15) is 36.2 Å². The first-order valence-corrected chi connectivity index (χ1v) is 9.42. The summed E-state index contributed by atoms with van der Waals surface area (Å²) in [5.41, 5.74) is 3.26. The van der Waals surface area contributed by atoms with Gasteiger partial charge < -0.3 is 9.47 Å². The van der Waals surface area contributed by atoms with Crippen molar-refractivity contribution >= 4 is 33.7 Å². The lowest BCUT2D eigenvalue weighted by Crippen LogP contribution is -2.17. The molecular weight excluding hydrogens is 430 g/mol. The number of non-ortho nitro benzene ring substituents is 1. The van der Waals surface area contributed by atoms with E-state index in [4.69, 9.17) is 9.47 Å². The Labute approximate surface area is 170 Å². The third-order valence-electron chi connectivity index (χ3n) is 3.53. The van der Waals surface area contributed by atoms with Crippen molar-refractivity contribution in [1.82, 2.24) is 5.43 Å². The number of rotatable bonds is 9. The molecule has 0 aliphatic carbocycles. The molecule has 0 heterocycles. The summed E-state index contributed by atoms with van der Waals surface area (Å²) in [5, 5.41) is 14.6. The number of hydrazone groups is 1. The highest BCUT2D eigenvalue weighted by Gasteiger charge is 2.11. The highest BCUT2D eigenvalue weighted by Crippen LogP contribution is 2.33. The minimum atomic E-state index is -0.527. The van der Waals surface area contributed by atoms with E-state index in [0.717, 1.165) is 10.9 Å². The number of carbonyl (C=O) groups is 1. The number of nitro groups is 1. The summed E-state index contributed by atoms with van der Waals surface area (Å²) in [6, 6.07) is 8.81. The smallest absolute Gasteiger partial charge is 0.271 e. The molecule has 0 atom stereocenters. The molecule has 0 aliphatic rings. The molecule has 148 valence electrons. The Hall–Kier alpha value is -2.94. The summed E-state index contributed by atoms with van der Waals surface area (Å²) in [5.74, 6) is 0.736. The number of nitrogens with zero attached hydrogens (tertiary/aromatic N) is 2. The fraction of sp³-hybridized carbons (Fsp3) is 0.263. The van der Waals surface area contributed by atoms with E-state index in [-0.39, 0.29) is 11.3 Å². The normalized spacial score (nSPS) is 10.7. The quantitative estimate of drug-likeness (QED) is 0.349. The molecule has 2 rings (SSSR count). The Kier molecular flexibility index (Phi) is 7.94. The van der Waals surface area contributed by atoms with Gasteiger partial charge in [0.25, 0.3) is 11.6 Å². The van der Waals surface area contributed by atoms with Crippen LogP contribution in [-0.4, -0.2) is 30.3 Å². The predicted octanol–water partition coefficient (Wildman–Crippen LogP) is 4.31. The fourth-order valence-electron chi connectivity index (χ4n) is 2.20. The van der Waals surface area contributed by atoms with Crippen molar-refractivity contribution in [2.24, 2.45) is 5.10 Å². The van der Waals surface area contributed by atoms with E-state index in [1.54, 1.807) is 12.1 Å². The van der Waals surface area contributed by atoms with E-state index in [9.17, 15) is 14.9 Å². The van der Waals surface area contributed by atoms with Gasteiger partial charge in [-0.1, -0.05) is 6.92 Å². The first kappa shape index (κ1) is 21.4. The number of hydrogen-bond acceptors (Lipinski definition) is 6. The van der Waals surface area contributed by atoms with E-state index >= 15 is 0 Å². The van der Waals surface area contributed by atoms with Crippen LogP contribution in [0, 0.1) is 10.1 Å². The lowest BCUT2D eigenvalue weighted by atomic mass is 10.2. The molecule has 0 bridgehead atoms. The number of halogens is 1. The summed E-state index contributed by atoms with van der Waals surface area (Å²) in [6.45, 7) is 4.96. The maximum absolute atomic E-state index is 12.1. The van der Waals surface area contributed by atoms with E-state index in [1.165, 1.54) is 30.5 Å². The van der Waals surface area contributed by atoms with Crippen molar-refractivity contribution in [2.45, 2.75) is 20.3 Å². The highest BCUT2D eigenvalue weighted by molar-refractivity contribution is 9.10. The Morgan fingerprint density at radius 2 is 1.89 bits per heavy atom. The van der Waals surface area contributed by atoms with Crippen molar-refractivity contribution in [3.8, 4) is 11.5 Å². The number of hydrogen-bond donors (Lipinski definition) is 1. The van der Waals surface area contributed by atoms with Gasteiger partial charge >= 0.3 is 0 Å². The Morgan fingerprint density at radius 1 is 1.21 bits per heavy atom. The van der Waals surface area contributed by atoms with Crippen LogP contribution < -0.4 is 14.9 Å². The Morgan fingerprint density at radius 3 is 2.50 bits per heavy atom. The maximum Gasteiger partial charge on any atom is 0.271 e. The van der Waals surface area contributed by atoms with Crippen molar-refractivity contribution in [3.05, 3.63) is 62.1 Å². The van der Waals surface area contributed by atoms with E-state index < -0.39 is 10.8 Å². The molecule has 2 aromatic carbocycles. The first-order valence-electron chi connectivity index (χ1n) is 8.63. The number of carbonyl (C=O) groups excluding carboxylic acids is 1. The molecule has 8 nitrogen and oxygen atoms in total. The zero-order valence-corrected chi connectivity index (χ0v) is 17.1. The summed E-state index contributed by atoms with van der Waals surface area (Å²) in [7, 11) is 0. The van der Waals surface area contributed by atoms with Gasteiger partial charge in [-0.15, -0.1) is 0 Å². The van der Waals surface area contributed by atoms with Gasteiger partial charge in [-0.3, -0.25) is 14.9 Å². The Bertz CT molecular complexity index is 869. The molecule has 0 fully saturated rings. The van der Waals surface area contributed by atoms with Crippen LogP contribution in [0.3, 0.4) is 0 Å². The van der Waals surface area contributed by atoms with E-state index in [1.807, 2.05) is 13.8 Å². The van der Waals surface area contributed by atoms with Crippen molar-refractivity contribution < 1.29 is 19.2 Å². The largest absolute Gasteiger partial charge is 0.490 e. The van der Waals surface area contributed by atoms with Gasteiger partial charge in [0.2, 0.25) is 0 Å². The maximum atomic E-state index is 12.1. The summed E-state index contributed by atoms with van der Waals surface area (Å²) >= 11 is 3.45. The third kappa shape index (κ3) is 5.78. The molecule has 2 aromatic rings. The van der Waals surface area contributed by atoms with Crippen LogP contribution in [0.15, 0.2) is 46.0 Å². The average Bonchev–Trinajstić information content (AvgIpc) is 2.69. The van der Waals surface area contributed by atoms with Gasteiger partial charge in [0.05, 0.1) is 24.4 Å². The number of ether oxygens (including phenoxy) is 2. The Balaban J connectivity index is 2.10. The fourth-order valence-corrected chi connectivity index (χ4v) is 2.63. The van der Waals surface area contributed by atoms with Crippen LogP contribution in [0.4, 0.5) is 5.69 Å². The molecule has 0 spiro atoms. The molecule has 0 aliphatic heterocycles. The van der Waals surface area contributed by atoms with Gasteiger partial charge in [0.1, 0.15) is 0 Å². The molecule has 0 radical (unpaired) electrons. The highest BCUT2D eigenvalue weighted by atomic mass is 79.9. The standard InChI is InChI=1S/C19H20BrN3O5/c1-3-9-28-18-11-16(20)14(10-17(18)27-4-2)12-21-22-19(24)13-5-7-15(8-6-13)23(25)26/h5-8,10-12H,3-4,9H2,1-2H3,(H,22,24). The molecule has 1 amide bonds. The summed E-state index contributed by atoms with van der Waals surface area (Å²) < 4.78 is 12.0. The minimum absolute atomic E-state index is 0.0854. The topological polar surface area (TPSA) is 103 Å². The van der Waals surface area contributed by atoms with Crippen molar-refractivity contribution in [3.63, 3.8) is 0 Å². The minimum Gasteiger partial charge on any atom is -0.490 e. The summed E-state index contributed by atoms with van der Waals surface area (Å²) in [4.78, 5) is 22.2. The molecule has 0 unspecified atom stereocenters. The van der Waals surface area contributed by atoms with E-state index in [0.29, 0.717) is 30.3 Å². The van der Waals surface area contributed by atoms with Crippen molar-refractivity contribution in [2.75, 3.05) is 13.2 Å². The van der Waals surface area contributed by atoms with Gasteiger partial charge in [0, 0.05) is 27.7 Å². The summed E-state index contributed by atoms with van der Waals surface area (Å²) in [6.07, 6.45) is 2.35. The second-order valence-corrected chi connectivity index (χ2v) is 6.46. The van der Waals surface area contributed by atoms with Gasteiger partial charge in [0.15, 0.2) is 11.5 Å². The SMILES string of the molecule is CCCOc1cc(Br)c(C=NNC(=O)c2ccc([N+](=O)[O-])cc2)cc1OCC. The predicted molar refractivity (Wildman–Crippen MR) is 109 cm³/mol. The van der Waals surface area contributed by atoms with Crippen LogP contribution in [0.25, 0.3) is 0 Å². The third-order valence-corrected chi connectivity index (χ3v) is 4.22. The zero-order valence-electron chi connectivity index (χ0n) is 15.5. The zero-order chi connectivity index (χ0) is 20.5. The molecular formula is C19H20BrN3O5. The molecule has 0 aromatic heterocycles. The number of benzene rings is 2. The number of amides is 1. The first-order chi connectivity index (χ1) is 13.5. The molecule has 0 saturated heterocycles. The molecule has 1 N–H and O–H groups in total.